The fraction of sp³-hybridized carbons (Fsp3) is 0.192. The number of halogens is 2. The van der Waals surface area contributed by atoms with E-state index >= 15 is 8.78 Å². The number of amidine groups is 1. The number of nitrogens with zero attached hydrogens (tertiary/aromatic N) is 1. The van der Waals surface area contributed by atoms with Crippen LogP contribution >= 0.6 is 0 Å². The zero-order chi connectivity index (χ0) is 26.9. The lowest BCUT2D eigenvalue weighted by molar-refractivity contribution is -0.133. The lowest BCUT2D eigenvalue weighted by atomic mass is 9.99. The third-order valence-electron chi connectivity index (χ3n) is 5.30. The van der Waals surface area contributed by atoms with E-state index in [-0.39, 0.29) is 30.3 Å². The summed E-state index contributed by atoms with van der Waals surface area (Å²) >= 11 is 0. The Morgan fingerprint density at radius 1 is 1.05 bits per heavy atom. The molecule has 0 saturated carbocycles. The first-order valence-electron chi connectivity index (χ1n) is 11.2. The van der Waals surface area contributed by atoms with Crippen molar-refractivity contribution in [2.45, 2.75) is 19.6 Å². The van der Waals surface area contributed by atoms with Crippen LogP contribution < -0.4 is 21.5 Å². The summed E-state index contributed by atoms with van der Waals surface area (Å²) in [5.41, 5.74) is 11.7. The van der Waals surface area contributed by atoms with Crippen molar-refractivity contribution in [1.82, 2.24) is 5.32 Å². The minimum absolute atomic E-state index is 0.0248. The van der Waals surface area contributed by atoms with Gasteiger partial charge in [-0.2, -0.15) is 0 Å². The van der Waals surface area contributed by atoms with Crippen LogP contribution in [0.1, 0.15) is 29.7 Å². The Morgan fingerprint density at radius 3 is 2.30 bits per heavy atom. The van der Waals surface area contributed by atoms with E-state index in [0.29, 0.717) is 16.7 Å². The van der Waals surface area contributed by atoms with E-state index in [4.69, 9.17) is 26.1 Å². The molecule has 0 spiro atoms. The zero-order valence-electron chi connectivity index (χ0n) is 19.9. The Morgan fingerprint density at radius 2 is 1.70 bits per heavy atom. The highest BCUT2D eigenvalue weighted by atomic mass is 19.1. The molecule has 0 radical (unpaired) electrons. The summed E-state index contributed by atoms with van der Waals surface area (Å²) < 4.78 is 41.2. The third kappa shape index (κ3) is 6.79. The number of hydrogen-bond donors (Lipinski definition) is 4. The molecule has 0 aliphatic rings. The summed E-state index contributed by atoms with van der Waals surface area (Å²) in [5.74, 6) is -3.27. The van der Waals surface area contributed by atoms with Gasteiger partial charge in [-0.25, -0.2) is 8.78 Å². The quantitative estimate of drug-likeness (QED) is 0.134. The minimum Gasteiger partial charge on any atom is -0.483 e. The van der Waals surface area contributed by atoms with Crippen LogP contribution in [0, 0.1) is 11.6 Å². The van der Waals surface area contributed by atoms with Crippen LogP contribution in [0.2, 0.25) is 0 Å². The lowest BCUT2D eigenvalue weighted by Crippen LogP contribution is -2.31. The average Bonchev–Trinajstić information content (AvgIpc) is 2.89. The Hall–Kier alpha value is -4.51. The van der Waals surface area contributed by atoms with Gasteiger partial charge < -0.3 is 31.5 Å². The molecule has 0 unspecified atom stereocenters. The number of nitrogens with two attached hydrogens (primary N) is 2. The van der Waals surface area contributed by atoms with E-state index in [1.54, 1.807) is 49.4 Å². The van der Waals surface area contributed by atoms with Gasteiger partial charge in [-0.3, -0.25) is 9.59 Å². The van der Waals surface area contributed by atoms with Crippen molar-refractivity contribution >= 4 is 17.6 Å². The molecule has 6 N–H and O–H groups in total. The van der Waals surface area contributed by atoms with Crippen LogP contribution in [0.3, 0.4) is 0 Å². The first kappa shape index (κ1) is 27.1. The predicted molar refractivity (Wildman–Crippen MR) is 132 cm³/mol. The SMILES string of the molecule is CCO[C@H](C(=O)NCc1ccc(C(N)=NO)cc1)c1c(F)cc(-c2ccccc2OCC(N)=O)cc1F. The van der Waals surface area contributed by atoms with Gasteiger partial charge in [0.05, 0.1) is 5.56 Å². The van der Waals surface area contributed by atoms with Gasteiger partial charge in [-0.15, -0.1) is 0 Å². The molecule has 11 heteroatoms. The summed E-state index contributed by atoms with van der Waals surface area (Å²) in [6, 6.07) is 15.0. The molecule has 3 aromatic carbocycles. The highest BCUT2D eigenvalue weighted by Crippen LogP contribution is 2.34. The second-order valence-electron chi connectivity index (χ2n) is 7.84. The molecule has 1 atom stereocenters. The summed E-state index contributed by atoms with van der Waals surface area (Å²) in [5, 5.41) is 14.3. The van der Waals surface area contributed by atoms with Gasteiger partial charge in [0, 0.05) is 24.3 Å². The van der Waals surface area contributed by atoms with Crippen LogP contribution in [0.5, 0.6) is 5.75 Å². The number of oxime groups is 1. The number of carbonyl (C=O) groups is 2. The van der Waals surface area contributed by atoms with Crippen LogP contribution in [-0.2, 0) is 20.9 Å². The molecule has 0 fully saturated rings. The summed E-state index contributed by atoms with van der Waals surface area (Å²) in [7, 11) is 0. The molecule has 9 nitrogen and oxygen atoms in total. The maximum atomic E-state index is 15.2. The fourth-order valence-corrected chi connectivity index (χ4v) is 3.56. The molecule has 0 heterocycles. The highest BCUT2D eigenvalue weighted by Gasteiger charge is 2.28. The monoisotopic (exact) mass is 512 g/mol. The lowest BCUT2D eigenvalue weighted by Gasteiger charge is -2.20. The van der Waals surface area contributed by atoms with Gasteiger partial charge in [0.2, 0.25) is 0 Å². The van der Waals surface area contributed by atoms with E-state index in [0.717, 1.165) is 12.1 Å². The molecule has 0 saturated heterocycles. The van der Waals surface area contributed by atoms with E-state index in [1.807, 2.05) is 0 Å². The molecule has 0 aliphatic carbocycles. The van der Waals surface area contributed by atoms with Crippen LogP contribution in [0.15, 0.2) is 65.8 Å². The molecular formula is C26H26F2N4O5. The second-order valence-corrected chi connectivity index (χ2v) is 7.84. The van der Waals surface area contributed by atoms with E-state index in [1.165, 1.54) is 6.07 Å². The van der Waals surface area contributed by atoms with Crippen molar-refractivity contribution in [3.63, 3.8) is 0 Å². The van der Waals surface area contributed by atoms with Crippen LogP contribution in [0.25, 0.3) is 11.1 Å². The van der Waals surface area contributed by atoms with Gasteiger partial charge >= 0.3 is 0 Å². The maximum absolute atomic E-state index is 15.2. The van der Waals surface area contributed by atoms with E-state index in [2.05, 4.69) is 10.5 Å². The van der Waals surface area contributed by atoms with Crippen LogP contribution in [0.4, 0.5) is 8.78 Å². The Bertz CT molecular complexity index is 1280. The zero-order valence-corrected chi connectivity index (χ0v) is 19.9. The number of hydrogen-bond acceptors (Lipinski definition) is 6. The fourth-order valence-electron chi connectivity index (χ4n) is 3.56. The van der Waals surface area contributed by atoms with Gasteiger partial charge in [-0.05, 0) is 36.2 Å². The van der Waals surface area contributed by atoms with Gasteiger partial charge in [0.15, 0.2) is 18.5 Å². The number of benzene rings is 3. The minimum atomic E-state index is -1.54. The number of ether oxygens (including phenoxy) is 2. The average molecular weight is 513 g/mol. The van der Waals surface area contributed by atoms with Crippen molar-refractivity contribution < 1.29 is 33.1 Å². The van der Waals surface area contributed by atoms with Gasteiger partial charge in [0.25, 0.3) is 11.8 Å². The largest absolute Gasteiger partial charge is 0.483 e. The Labute approximate surface area is 211 Å². The van der Waals surface area contributed by atoms with Crippen molar-refractivity contribution in [3.8, 4) is 16.9 Å². The first-order chi connectivity index (χ1) is 17.7. The summed E-state index contributed by atoms with van der Waals surface area (Å²) in [6.45, 7) is 1.27. The van der Waals surface area contributed by atoms with Crippen molar-refractivity contribution in [2.75, 3.05) is 13.2 Å². The summed E-state index contributed by atoms with van der Waals surface area (Å²) in [4.78, 5) is 24.0. The maximum Gasteiger partial charge on any atom is 0.255 e. The Kier molecular flexibility index (Phi) is 9.11. The number of amides is 2. The molecule has 0 aliphatic heterocycles. The highest BCUT2D eigenvalue weighted by molar-refractivity contribution is 5.97. The van der Waals surface area contributed by atoms with Crippen molar-refractivity contribution in [3.05, 3.63) is 89.0 Å². The predicted octanol–water partition coefficient (Wildman–Crippen LogP) is 2.98. The first-order valence-corrected chi connectivity index (χ1v) is 11.2. The number of para-hydroxylation sites is 1. The molecule has 194 valence electrons. The third-order valence-corrected chi connectivity index (χ3v) is 5.30. The molecular weight excluding hydrogens is 486 g/mol. The second kappa shape index (κ2) is 12.5. The van der Waals surface area contributed by atoms with Crippen molar-refractivity contribution in [2.24, 2.45) is 16.6 Å². The van der Waals surface area contributed by atoms with E-state index in [9.17, 15) is 9.59 Å². The smallest absolute Gasteiger partial charge is 0.255 e. The molecule has 37 heavy (non-hydrogen) atoms. The van der Waals surface area contributed by atoms with Crippen LogP contribution in [-0.4, -0.2) is 36.1 Å². The topological polar surface area (TPSA) is 149 Å². The molecule has 0 bridgehead atoms. The number of carbonyl (C=O) groups excluding carboxylic acids is 2. The van der Waals surface area contributed by atoms with Gasteiger partial charge in [-0.1, -0.05) is 47.6 Å². The van der Waals surface area contributed by atoms with Gasteiger partial charge in [0.1, 0.15) is 17.4 Å². The summed E-state index contributed by atoms with van der Waals surface area (Å²) in [6.07, 6.45) is -1.54. The normalized spacial score (nSPS) is 12.1. The molecule has 0 aromatic heterocycles. The molecule has 3 rings (SSSR count). The molecule has 3 aromatic rings. The standard InChI is InChI=1S/C26H26F2N4O5/c1-2-36-24(26(34)31-13-15-7-9-16(10-8-15)25(30)32-35)23-19(27)11-17(12-20(23)28)18-5-3-4-6-21(18)37-14-22(29)33/h3-12,24,35H,2,13-14H2,1H3,(H2,29,33)(H2,30,32)(H,31,34)/t24-/m0/s1. The van der Waals surface area contributed by atoms with E-state index < -0.39 is 41.7 Å². The number of nitrogens with one attached hydrogen (secondary N) is 1. The Balaban J connectivity index is 1.83. The number of primary amides is 1. The number of rotatable bonds is 11. The molecule has 2 amide bonds. The van der Waals surface area contributed by atoms with Crippen molar-refractivity contribution in [1.29, 1.82) is 0 Å².